The summed E-state index contributed by atoms with van der Waals surface area (Å²) in [4.78, 5) is 24.9. The molecule has 0 aliphatic carbocycles. The lowest BCUT2D eigenvalue weighted by Gasteiger charge is -2.26. The summed E-state index contributed by atoms with van der Waals surface area (Å²) in [6.07, 6.45) is -0.0703. The predicted molar refractivity (Wildman–Crippen MR) is 91.4 cm³/mol. The van der Waals surface area contributed by atoms with Crippen molar-refractivity contribution < 1.29 is 19.4 Å². The van der Waals surface area contributed by atoms with Gasteiger partial charge in [-0.2, -0.15) is 0 Å². The molecular weight excluding hydrogens is 306 g/mol. The van der Waals surface area contributed by atoms with Gasteiger partial charge in [0.1, 0.15) is 11.5 Å². The second-order valence-electron chi connectivity index (χ2n) is 5.68. The highest BCUT2D eigenvalue weighted by Crippen LogP contribution is 2.22. The SMILES string of the molecule is CC(C)N(CCC(=O)O)C(=O)c1ccc(Oc2ccccc2)cc1. The molecule has 0 unspecified atom stereocenters. The van der Waals surface area contributed by atoms with Crippen LogP contribution in [-0.4, -0.2) is 34.5 Å². The van der Waals surface area contributed by atoms with E-state index in [2.05, 4.69) is 0 Å². The minimum atomic E-state index is -0.917. The van der Waals surface area contributed by atoms with Crippen molar-refractivity contribution in [1.82, 2.24) is 4.90 Å². The summed E-state index contributed by atoms with van der Waals surface area (Å²) in [5, 5.41) is 8.82. The van der Waals surface area contributed by atoms with Crippen molar-refractivity contribution in [3.8, 4) is 11.5 Å². The van der Waals surface area contributed by atoms with Crippen LogP contribution in [0.2, 0.25) is 0 Å². The molecule has 1 amide bonds. The number of hydrogen-bond acceptors (Lipinski definition) is 3. The molecule has 1 N–H and O–H groups in total. The summed E-state index contributed by atoms with van der Waals surface area (Å²) < 4.78 is 5.70. The number of aliphatic carboxylic acids is 1. The number of carboxylic acids is 1. The van der Waals surface area contributed by atoms with E-state index in [0.29, 0.717) is 11.3 Å². The molecule has 0 bridgehead atoms. The standard InChI is InChI=1S/C19H21NO4/c1-14(2)20(13-12-18(21)22)19(23)15-8-10-17(11-9-15)24-16-6-4-3-5-7-16/h3-11,14H,12-13H2,1-2H3,(H,21,22). The number of amides is 1. The Morgan fingerprint density at radius 2 is 1.58 bits per heavy atom. The van der Waals surface area contributed by atoms with Gasteiger partial charge >= 0.3 is 5.97 Å². The van der Waals surface area contributed by atoms with Crippen LogP contribution in [0.5, 0.6) is 11.5 Å². The number of nitrogens with zero attached hydrogens (tertiary/aromatic N) is 1. The zero-order valence-corrected chi connectivity index (χ0v) is 13.8. The van der Waals surface area contributed by atoms with Crippen LogP contribution in [0, 0.1) is 0 Å². The Hall–Kier alpha value is -2.82. The molecule has 0 saturated heterocycles. The van der Waals surface area contributed by atoms with Crippen molar-refractivity contribution >= 4 is 11.9 Å². The molecule has 0 aliphatic rings. The van der Waals surface area contributed by atoms with Crippen LogP contribution in [-0.2, 0) is 4.79 Å². The first-order chi connectivity index (χ1) is 11.5. The molecule has 2 aromatic rings. The predicted octanol–water partition coefficient (Wildman–Crippen LogP) is 3.80. The summed E-state index contributed by atoms with van der Waals surface area (Å²) in [7, 11) is 0. The lowest BCUT2D eigenvalue weighted by molar-refractivity contribution is -0.137. The van der Waals surface area contributed by atoms with Gasteiger partial charge in [-0.15, -0.1) is 0 Å². The van der Waals surface area contributed by atoms with Gasteiger partial charge < -0.3 is 14.7 Å². The average Bonchev–Trinajstić information content (AvgIpc) is 2.56. The van der Waals surface area contributed by atoms with E-state index in [-0.39, 0.29) is 24.9 Å². The van der Waals surface area contributed by atoms with Crippen LogP contribution in [0.4, 0.5) is 0 Å². The lowest BCUT2D eigenvalue weighted by atomic mass is 10.1. The highest BCUT2D eigenvalue weighted by molar-refractivity contribution is 5.94. The van der Waals surface area contributed by atoms with E-state index in [1.54, 1.807) is 29.2 Å². The topological polar surface area (TPSA) is 66.8 Å². The van der Waals surface area contributed by atoms with Gasteiger partial charge in [0, 0.05) is 18.2 Å². The number of carbonyl (C=O) groups excluding carboxylic acids is 1. The number of ether oxygens (including phenoxy) is 1. The van der Waals surface area contributed by atoms with Gasteiger partial charge in [-0.3, -0.25) is 9.59 Å². The quantitative estimate of drug-likeness (QED) is 0.840. The molecule has 0 aliphatic heterocycles. The number of para-hydroxylation sites is 1. The smallest absolute Gasteiger partial charge is 0.305 e. The Kier molecular flexibility index (Phi) is 5.95. The molecule has 0 fully saturated rings. The molecule has 0 atom stereocenters. The van der Waals surface area contributed by atoms with Crippen molar-refractivity contribution in [3.63, 3.8) is 0 Å². The van der Waals surface area contributed by atoms with Crippen LogP contribution in [0.3, 0.4) is 0 Å². The van der Waals surface area contributed by atoms with Gasteiger partial charge in [-0.25, -0.2) is 0 Å². The largest absolute Gasteiger partial charge is 0.481 e. The molecule has 2 rings (SSSR count). The van der Waals surface area contributed by atoms with Crippen LogP contribution in [0.1, 0.15) is 30.6 Å². The zero-order chi connectivity index (χ0) is 17.5. The number of benzene rings is 2. The van der Waals surface area contributed by atoms with Crippen molar-refractivity contribution in [1.29, 1.82) is 0 Å². The Bertz CT molecular complexity index is 680. The third-order valence-corrected chi connectivity index (χ3v) is 3.53. The Labute approximate surface area is 141 Å². The second-order valence-corrected chi connectivity index (χ2v) is 5.68. The maximum atomic E-state index is 12.6. The van der Waals surface area contributed by atoms with E-state index in [4.69, 9.17) is 9.84 Å². The van der Waals surface area contributed by atoms with Gasteiger partial charge in [-0.1, -0.05) is 18.2 Å². The van der Waals surface area contributed by atoms with Crippen LogP contribution in [0.25, 0.3) is 0 Å². The molecule has 0 saturated carbocycles. The monoisotopic (exact) mass is 327 g/mol. The van der Waals surface area contributed by atoms with E-state index >= 15 is 0 Å². The van der Waals surface area contributed by atoms with Crippen LogP contribution in [0.15, 0.2) is 54.6 Å². The summed E-state index contributed by atoms with van der Waals surface area (Å²) >= 11 is 0. The molecule has 5 heteroatoms. The molecule has 0 aromatic heterocycles. The van der Waals surface area contributed by atoms with Crippen LogP contribution >= 0.6 is 0 Å². The molecule has 5 nitrogen and oxygen atoms in total. The fourth-order valence-electron chi connectivity index (χ4n) is 2.27. The normalized spacial score (nSPS) is 10.5. The number of carboxylic acid groups (broad SMARTS) is 1. The van der Waals surface area contributed by atoms with Gasteiger partial charge in [0.25, 0.3) is 5.91 Å². The Morgan fingerprint density at radius 1 is 1.00 bits per heavy atom. The fraction of sp³-hybridized carbons (Fsp3) is 0.263. The first kappa shape index (κ1) is 17.5. The third kappa shape index (κ3) is 4.84. The molecule has 126 valence electrons. The molecule has 0 heterocycles. The first-order valence-electron chi connectivity index (χ1n) is 7.83. The first-order valence-corrected chi connectivity index (χ1v) is 7.83. The molecular formula is C19H21NO4. The second kappa shape index (κ2) is 8.15. The van der Waals surface area contributed by atoms with E-state index in [0.717, 1.165) is 5.75 Å². The van der Waals surface area contributed by atoms with Crippen molar-refractivity contribution in [3.05, 3.63) is 60.2 Å². The average molecular weight is 327 g/mol. The number of carbonyl (C=O) groups is 2. The maximum Gasteiger partial charge on any atom is 0.305 e. The third-order valence-electron chi connectivity index (χ3n) is 3.53. The minimum absolute atomic E-state index is 0.0703. The van der Waals surface area contributed by atoms with Gasteiger partial charge in [0.2, 0.25) is 0 Å². The lowest BCUT2D eigenvalue weighted by Crippen LogP contribution is -2.38. The van der Waals surface area contributed by atoms with E-state index in [9.17, 15) is 9.59 Å². The minimum Gasteiger partial charge on any atom is -0.481 e. The zero-order valence-electron chi connectivity index (χ0n) is 13.8. The molecule has 24 heavy (non-hydrogen) atoms. The van der Waals surface area contributed by atoms with Gasteiger partial charge in [-0.05, 0) is 50.2 Å². The van der Waals surface area contributed by atoms with Crippen molar-refractivity contribution in [2.24, 2.45) is 0 Å². The van der Waals surface area contributed by atoms with E-state index in [1.807, 2.05) is 44.2 Å². The van der Waals surface area contributed by atoms with E-state index < -0.39 is 5.97 Å². The Morgan fingerprint density at radius 3 is 2.12 bits per heavy atom. The molecule has 2 aromatic carbocycles. The summed E-state index contributed by atoms with van der Waals surface area (Å²) in [5.74, 6) is 0.263. The molecule has 0 spiro atoms. The summed E-state index contributed by atoms with van der Waals surface area (Å²) in [6.45, 7) is 3.92. The fourth-order valence-corrected chi connectivity index (χ4v) is 2.27. The molecule has 0 radical (unpaired) electrons. The van der Waals surface area contributed by atoms with Crippen molar-refractivity contribution in [2.75, 3.05) is 6.54 Å². The maximum absolute atomic E-state index is 12.6. The van der Waals surface area contributed by atoms with Crippen molar-refractivity contribution in [2.45, 2.75) is 26.3 Å². The number of rotatable bonds is 7. The highest BCUT2D eigenvalue weighted by atomic mass is 16.5. The van der Waals surface area contributed by atoms with Crippen LogP contribution < -0.4 is 4.74 Å². The van der Waals surface area contributed by atoms with E-state index in [1.165, 1.54) is 0 Å². The Balaban J connectivity index is 2.07. The summed E-state index contributed by atoms with van der Waals surface area (Å²) in [6, 6.07) is 16.2. The highest BCUT2D eigenvalue weighted by Gasteiger charge is 2.19. The van der Waals surface area contributed by atoms with Gasteiger partial charge in [0.05, 0.1) is 6.42 Å². The van der Waals surface area contributed by atoms with Gasteiger partial charge in [0.15, 0.2) is 0 Å². The number of hydrogen-bond donors (Lipinski definition) is 1. The summed E-state index contributed by atoms with van der Waals surface area (Å²) in [5.41, 5.74) is 0.509.